The number of benzene rings is 2. The highest BCUT2D eigenvalue weighted by Gasteiger charge is 2.31. The van der Waals surface area contributed by atoms with Crippen molar-refractivity contribution in [3.63, 3.8) is 0 Å². The van der Waals surface area contributed by atoms with Gasteiger partial charge in [0, 0.05) is 17.3 Å². The SMILES string of the molecule is Cc1cc(F)ccc1Nc1cc(-c2cccc(OC(F)(F)F)c2)nc(N[C@H](CO)C(C)C)n1. The monoisotopic (exact) mass is 464 g/mol. The fourth-order valence-corrected chi connectivity index (χ4v) is 3.07. The Labute approximate surface area is 188 Å². The summed E-state index contributed by atoms with van der Waals surface area (Å²) in [6, 6.07) is 10.9. The molecule has 1 heterocycles. The Hall–Kier alpha value is -3.40. The number of nitrogens with zero attached hydrogens (tertiary/aromatic N) is 2. The lowest BCUT2D eigenvalue weighted by molar-refractivity contribution is -0.274. The van der Waals surface area contributed by atoms with Crippen LogP contribution in [-0.2, 0) is 0 Å². The van der Waals surface area contributed by atoms with E-state index in [1.165, 1.54) is 30.3 Å². The fraction of sp³-hybridized carbons (Fsp3) is 0.304. The highest BCUT2D eigenvalue weighted by molar-refractivity contribution is 5.69. The van der Waals surface area contributed by atoms with E-state index < -0.39 is 6.36 Å². The Kier molecular flexibility index (Phi) is 7.37. The van der Waals surface area contributed by atoms with E-state index in [0.717, 1.165) is 0 Å². The third-order valence-electron chi connectivity index (χ3n) is 4.86. The van der Waals surface area contributed by atoms with E-state index in [1.54, 1.807) is 25.1 Å². The molecule has 0 amide bonds. The zero-order valence-electron chi connectivity index (χ0n) is 18.2. The molecule has 0 saturated carbocycles. The van der Waals surface area contributed by atoms with Gasteiger partial charge in [-0.2, -0.15) is 4.98 Å². The summed E-state index contributed by atoms with van der Waals surface area (Å²) < 4.78 is 55.4. The third kappa shape index (κ3) is 6.79. The smallest absolute Gasteiger partial charge is 0.406 e. The maximum Gasteiger partial charge on any atom is 0.573 e. The molecule has 0 saturated heterocycles. The Bertz CT molecular complexity index is 1110. The number of rotatable bonds is 8. The minimum atomic E-state index is -4.82. The maximum atomic E-state index is 13.5. The van der Waals surface area contributed by atoms with Gasteiger partial charge in [-0.25, -0.2) is 9.37 Å². The van der Waals surface area contributed by atoms with Gasteiger partial charge in [-0.15, -0.1) is 13.2 Å². The standard InChI is InChI=1S/C23H24F4N4O2/c1-13(2)20(12-32)30-22-29-19(15-5-4-6-17(10-15)33-23(25,26)27)11-21(31-22)28-18-8-7-16(24)9-14(18)3/h4-11,13,20,32H,12H2,1-3H3,(H2,28,29,30,31)/t20-/m1/s1. The quantitative estimate of drug-likeness (QED) is 0.373. The van der Waals surface area contributed by atoms with E-state index in [4.69, 9.17) is 0 Å². The minimum Gasteiger partial charge on any atom is -0.406 e. The van der Waals surface area contributed by atoms with Crippen LogP contribution in [0.4, 0.5) is 35.0 Å². The summed E-state index contributed by atoms with van der Waals surface area (Å²) in [7, 11) is 0. The lowest BCUT2D eigenvalue weighted by Crippen LogP contribution is -2.30. The Morgan fingerprint density at radius 1 is 1.06 bits per heavy atom. The number of nitrogens with one attached hydrogen (secondary N) is 2. The van der Waals surface area contributed by atoms with Crippen molar-refractivity contribution in [2.24, 2.45) is 5.92 Å². The first kappa shape index (κ1) is 24.2. The van der Waals surface area contributed by atoms with Gasteiger partial charge >= 0.3 is 6.36 Å². The van der Waals surface area contributed by atoms with Crippen LogP contribution in [0.15, 0.2) is 48.5 Å². The minimum absolute atomic E-state index is 0.0570. The third-order valence-corrected chi connectivity index (χ3v) is 4.86. The van der Waals surface area contributed by atoms with Crippen molar-refractivity contribution in [2.45, 2.75) is 33.2 Å². The second-order valence-corrected chi connectivity index (χ2v) is 7.80. The molecule has 176 valence electrons. The van der Waals surface area contributed by atoms with Gasteiger partial charge in [0.15, 0.2) is 0 Å². The van der Waals surface area contributed by atoms with Gasteiger partial charge in [0.05, 0.1) is 18.3 Å². The number of aryl methyl sites for hydroxylation is 1. The van der Waals surface area contributed by atoms with Crippen molar-refractivity contribution >= 4 is 17.5 Å². The zero-order valence-corrected chi connectivity index (χ0v) is 18.2. The van der Waals surface area contributed by atoms with Crippen LogP contribution in [-0.4, -0.2) is 34.1 Å². The number of anilines is 3. The molecule has 0 aliphatic carbocycles. The van der Waals surface area contributed by atoms with E-state index in [2.05, 4.69) is 25.3 Å². The summed E-state index contributed by atoms with van der Waals surface area (Å²) in [6.45, 7) is 5.39. The van der Waals surface area contributed by atoms with Crippen LogP contribution in [0.1, 0.15) is 19.4 Å². The molecule has 3 N–H and O–H groups in total. The molecule has 0 fully saturated rings. The van der Waals surface area contributed by atoms with Gasteiger partial charge in [0.1, 0.15) is 17.4 Å². The largest absolute Gasteiger partial charge is 0.573 e. The number of aromatic nitrogens is 2. The number of aliphatic hydroxyl groups is 1. The summed E-state index contributed by atoms with van der Waals surface area (Å²) >= 11 is 0. The van der Waals surface area contributed by atoms with E-state index in [1.807, 2.05) is 13.8 Å². The van der Waals surface area contributed by atoms with Crippen molar-refractivity contribution < 1.29 is 27.4 Å². The molecule has 2 aromatic carbocycles. The van der Waals surface area contributed by atoms with Crippen LogP contribution >= 0.6 is 0 Å². The molecule has 0 unspecified atom stereocenters. The number of aliphatic hydroxyl groups excluding tert-OH is 1. The van der Waals surface area contributed by atoms with Gasteiger partial charge in [-0.3, -0.25) is 0 Å². The summed E-state index contributed by atoms with van der Waals surface area (Å²) in [4.78, 5) is 8.84. The Morgan fingerprint density at radius 3 is 2.45 bits per heavy atom. The molecule has 0 radical (unpaired) electrons. The normalized spacial score (nSPS) is 12.5. The van der Waals surface area contributed by atoms with Gasteiger partial charge < -0.3 is 20.5 Å². The molecule has 3 rings (SSSR count). The highest BCUT2D eigenvalue weighted by Crippen LogP contribution is 2.30. The molecular formula is C23H24F4N4O2. The van der Waals surface area contributed by atoms with Gasteiger partial charge in [-0.05, 0) is 48.7 Å². The predicted octanol–water partition coefficient (Wildman–Crippen LogP) is 5.66. The summed E-state index contributed by atoms with van der Waals surface area (Å²) in [5.74, 6) is -0.202. The number of ether oxygens (including phenoxy) is 1. The van der Waals surface area contributed by atoms with Crippen molar-refractivity contribution in [3.8, 4) is 17.0 Å². The fourth-order valence-electron chi connectivity index (χ4n) is 3.07. The van der Waals surface area contributed by atoms with E-state index >= 15 is 0 Å². The van der Waals surface area contributed by atoms with Gasteiger partial charge in [-0.1, -0.05) is 26.0 Å². The number of halogens is 4. The van der Waals surface area contributed by atoms with Crippen LogP contribution in [0.5, 0.6) is 5.75 Å². The van der Waals surface area contributed by atoms with Gasteiger partial charge in [0.25, 0.3) is 0 Å². The van der Waals surface area contributed by atoms with Crippen LogP contribution in [0.2, 0.25) is 0 Å². The van der Waals surface area contributed by atoms with Crippen molar-refractivity contribution in [1.29, 1.82) is 0 Å². The molecule has 10 heteroatoms. The van der Waals surface area contributed by atoms with E-state index in [9.17, 15) is 22.7 Å². The summed E-state index contributed by atoms with van der Waals surface area (Å²) in [5.41, 5.74) is 1.93. The summed E-state index contributed by atoms with van der Waals surface area (Å²) in [6.07, 6.45) is -4.82. The van der Waals surface area contributed by atoms with Crippen LogP contribution < -0.4 is 15.4 Å². The molecule has 1 atom stereocenters. The highest BCUT2D eigenvalue weighted by atomic mass is 19.4. The Balaban J connectivity index is 2.02. The number of alkyl halides is 3. The van der Waals surface area contributed by atoms with Crippen LogP contribution in [0, 0.1) is 18.7 Å². The second kappa shape index (κ2) is 10.0. The molecule has 0 bridgehead atoms. The molecule has 33 heavy (non-hydrogen) atoms. The second-order valence-electron chi connectivity index (χ2n) is 7.80. The average molecular weight is 464 g/mol. The lowest BCUT2D eigenvalue weighted by atomic mass is 10.1. The molecule has 6 nitrogen and oxygen atoms in total. The average Bonchev–Trinajstić information content (AvgIpc) is 2.72. The van der Waals surface area contributed by atoms with Crippen molar-refractivity contribution in [2.75, 3.05) is 17.2 Å². The molecule has 0 aliphatic rings. The first-order valence-electron chi connectivity index (χ1n) is 10.2. The first-order chi connectivity index (χ1) is 15.5. The first-order valence-corrected chi connectivity index (χ1v) is 10.2. The molecule has 3 aromatic rings. The predicted molar refractivity (Wildman–Crippen MR) is 118 cm³/mol. The van der Waals surface area contributed by atoms with Gasteiger partial charge in [0.2, 0.25) is 5.95 Å². The van der Waals surface area contributed by atoms with Crippen molar-refractivity contribution in [1.82, 2.24) is 9.97 Å². The topological polar surface area (TPSA) is 79.3 Å². The van der Waals surface area contributed by atoms with E-state index in [0.29, 0.717) is 28.3 Å². The zero-order chi connectivity index (χ0) is 24.2. The number of hydrogen-bond donors (Lipinski definition) is 3. The maximum absolute atomic E-state index is 13.5. The molecule has 1 aromatic heterocycles. The molecular weight excluding hydrogens is 440 g/mol. The number of hydrogen-bond acceptors (Lipinski definition) is 6. The van der Waals surface area contributed by atoms with Crippen LogP contribution in [0.25, 0.3) is 11.3 Å². The molecule has 0 aliphatic heterocycles. The lowest BCUT2D eigenvalue weighted by Gasteiger charge is -2.21. The molecule has 0 spiro atoms. The van der Waals surface area contributed by atoms with Crippen LogP contribution in [0.3, 0.4) is 0 Å². The summed E-state index contributed by atoms with van der Waals surface area (Å²) in [5, 5.41) is 15.8. The van der Waals surface area contributed by atoms with E-state index in [-0.39, 0.29) is 36.1 Å². The van der Waals surface area contributed by atoms with Crippen molar-refractivity contribution in [3.05, 3.63) is 59.9 Å². The Morgan fingerprint density at radius 2 is 1.82 bits per heavy atom.